The van der Waals surface area contributed by atoms with Crippen LogP contribution < -0.4 is 5.32 Å². The molecule has 0 aliphatic heterocycles. The van der Waals surface area contributed by atoms with E-state index in [0.29, 0.717) is 17.5 Å². The molecule has 1 aromatic carbocycles. The molecule has 2 rings (SSSR count). The summed E-state index contributed by atoms with van der Waals surface area (Å²) in [6.07, 6.45) is 1.69. The maximum atomic E-state index is 14.4. The number of hydrogen-bond donors (Lipinski definition) is 1. The van der Waals surface area contributed by atoms with E-state index in [1.54, 1.807) is 13.0 Å². The summed E-state index contributed by atoms with van der Waals surface area (Å²) in [5, 5.41) is 14.7. The normalized spacial score (nSPS) is 10.6. The Hall–Kier alpha value is -2.89. The summed E-state index contributed by atoms with van der Waals surface area (Å²) in [6.45, 7) is 2.87. The van der Waals surface area contributed by atoms with Crippen LogP contribution in [0.5, 0.6) is 0 Å². The highest BCUT2D eigenvalue weighted by molar-refractivity contribution is 5.89. The van der Waals surface area contributed by atoms with Gasteiger partial charge < -0.3 is 5.32 Å². The Morgan fingerprint density at radius 1 is 1.24 bits per heavy atom. The topological polar surface area (TPSA) is 70.7 Å². The van der Waals surface area contributed by atoms with Gasteiger partial charge in [0.05, 0.1) is 6.20 Å². The summed E-state index contributed by atoms with van der Waals surface area (Å²) in [5.74, 6) is -7.38. The van der Waals surface area contributed by atoms with Crippen molar-refractivity contribution in [3.63, 3.8) is 0 Å². The van der Waals surface area contributed by atoms with E-state index in [1.165, 1.54) is 0 Å². The Balaban J connectivity index is 2.71. The standard InChI is InChI=1S/C16H14F4N4O/c1-3-4-5-10-11(17)13(19)15(14(20)12(10)18)24-16(23-8(2)25)9(6-21)7-22-24/h7H,3-5H2,1-2H3,(H,23,25). The van der Waals surface area contributed by atoms with Gasteiger partial charge in [-0.2, -0.15) is 10.4 Å². The number of halogens is 4. The molecule has 0 atom stereocenters. The minimum Gasteiger partial charge on any atom is -0.310 e. The first-order valence-corrected chi connectivity index (χ1v) is 7.44. The Morgan fingerprint density at radius 3 is 2.32 bits per heavy atom. The van der Waals surface area contributed by atoms with E-state index in [0.717, 1.165) is 13.1 Å². The van der Waals surface area contributed by atoms with E-state index < -0.39 is 40.4 Å². The smallest absolute Gasteiger partial charge is 0.222 e. The van der Waals surface area contributed by atoms with Gasteiger partial charge in [-0.05, 0) is 12.8 Å². The second-order valence-electron chi connectivity index (χ2n) is 5.30. The number of carbonyl (C=O) groups excluding carboxylic acids is 1. The average molecular weight is 354 g/mol. The van der Waals surface area contributed by atoms with E-state index in [1.807, 2.05) is 0 Å². The summed E-state index contributed by atoms with van der Waals surface area (Å²) in [4.78, 5) is 11.2. The van der Waals surface area contributed by atoms with Crippen molar-refractivity contribution in [2.75, 3.05) is 5.32 Å². The van der Waals surface area contributed by atoms with Crippen molar-refractivity contribution in [3.05, 3.63) is 40.6 Å². The van der Waals surface area contributed by atoms with Gasteiger partial charge in [-0.3, -0.25) is 4.79 Å². The molecule has 2 aromatic rings. The molecule has 0 radical (unpaired) electrons. The van der Waals surface area contributed by atoms with Crippen LogP contribution in [0.3, 0.4) is 0 Å². The summed E-state index contributed by atoms with van der Waals surface area (Å²) < 4.78 is 57.7. The van der Waals surface area contributed by atoms with Gasteiger partial charge in [-0.1, -0.05) is 13.3 Å². The molecule has 1 heterocycles. The largest absolute Gasteiger partial charge is 0.310 e. The molecule has 9 heteroatoms. The van der Waals surface area contributed by atoms with Crippen LogP contribution in [0.15, 0.2) is 6.20 Å². The summed E-state index contributed by atoms with van der Waals surface area (Å²) in [5.41, 5.74) is -2.04. The van der Waals surface area contributed by atoms with Gasteiger partial charge in [0, 0.05) is 12.5 Å². The van der Waals surface area contributed by atoms with Crippen LogP contribution in [0.1, 0.15) is 37.8 Å². The minimum atomic E-state index is -1.65. The van der Waals surface area contributed by atoms with Crippen molar-refractivity contribution in [2.24, 2.45) is 0 Å². The third-order valence-electron chi connectivity index (χ3n) is 3.51. The van der Waals surface area contributed by atoms with Crippen LogP contribution in [0.25, 0.3) is 5.69 Å². The first-order chi connectivity index (χ1) is 11.8. The molecule has 0 spiro atoms. The van der Waals surface area contributed by atoms with Crippen molar-refractivity contribution in [1.29, 1.82) is 5.26 Å². The van der Waals surface area contributed by atoms with Gasteiger partial charge in [0.25, 0.3) is 0 Å². The lowest BCUT2D eigenvalue weighted by molar-refractivity contribution is -0.114. The molecule has 0 bridgehead atoms. The summed E-state index contributed by atoms with van der Waals surface area (Å²) in [6, 6.07) is 1.67. The van der Waals surface area contributed by atoms with E-state index in [-0.39, 0.29) is 17.8 Å². The minimum absolute atomic E-state index is 0.163. The third-order valence-corrected chi connectivity index (χ3v) is 3.51. The molecule has 132 valence electrons. The maximum Gasteiger partial charge on any atom is 0.222 e. The lowest BCUT2D eigenvalue weighted by Gasteiger charge is -2.14. The maximum absolute atomic E-state index is 14.4. The molecular formula is C16H14F4N4O. The fourth-order valence-corrected chi connectivity index (χ4v) is 2.31. The SMILES string of the molecule is CCCCc1c(F)c(F)c(-n2ncc(C#N)c2NC(C)=O)c(F)c1F. The van der Waals surface area contributed by atoms with E-state index in [2.05, 4.69) is 10.4 Å². The van der Waals surface area contributed by atoms with Gasteiger partial charge >= 0.3 is 0 Å². The number of rotatable bonds is 5. The lowest BCUT2D eigenvalue weighted by Crippen LogP contribution is -2.16. The predicted molar refractivity (Wildman–Crippen MR) is 81.0 cm³/mol. The Kier molecular flexibility index (Phi) is 5.41. The molecule has 0 fully saturated rings. The molecule has 5 nitrogen and oxygen atoms in total. The highest BCUT2D eigenvalue weighted by atomic mass is 19.2. The van der Waals surface area contributed by atoms with Gasteiger partial charge in [-0.15, -0.1) is 0 Å². The van der Waals surface area contributed by atoms with E-state index in [4.69, 9.17) is 5.26 Å². The van der Waals surface area contributed by atoms with Gasteiger partial charge in [0.1, 0.15) is 17.3 Å². The van der Waals surface area contributed by atoms with Crippen LogP contribution in [-0.4, -0.2) is 15.7 Å². The van der Waals surface area contributed by atoms with Gasteiger partial charge in [0.15, 0.2) is 29.1 Å². The molecule has 25 heavy (non-hydrogen) atoms. The molecule has 0 unspecified atom stereocenters. The van der Waals surface area contributed by atoms with Crippen molar-refractivity contribution < 1.29 is 22.4 Å². The van der Waals surface area contributed by atoms with Crippen LogP contribution in [0, 0.1) is 34.6 Å². The van der Waals surface area contributed by atoms with Crippen LogP contribution in [0.2, 0.25) is 0 Å². The molecular weight excluding hydrogens is 340 g/mol. The van der Waals surface area contributed by atoms with Gasteiger partial charge in [0.2, 0.25) is 5.91 Å². The molecule has 1 amide bonds. The number of hydrogen-bond acceptors (Lipinski definition) is 3. The molecule has 0 saturated carbocycles. The first-order valence-electron chi connectivity index (χ1n) is 7.44. The Labute approximate surface area is 140 Å². The second kappa shape index (κ2) is 7.34. The number of amides is 1. The summed E-state index contributed by atoms with van der Waals surface area (Å²) in [7, 11) is 0. The van der Waals surface area contributed by atoms with Crippen LogP contribution >= 0.6 is 0 Å². The number of nitriles is 1. The molecule has 1 N–H and O–H groups in total. The van der Waals surface area contributed by atoms with Crippen molar-refractivity contribution >= 4 is 11.7 Å². The zero-order valence-corrected chi connectivity index (χ0v) is 13.5. The Bertz CT molecular complexity index is 841. The van der Waals surface area contributed by atoms with Gasteiger partial charge in [-0.25, -0.2) is 22.2 Å². The zero-order valence-electron chi connectivity index (χ0n) is 13.5. The van der Waals surface area contributed by atoms with Crippen LogP contribution in [0.4, 0.5) is 23.4 Å². The number of nitrogens with zero attached hydrogens (tertiary/aromatic N) is 3. The number of anilines is 1. The quantitative estimate of drug-likeness (QED) is 0.659. The molecule has 0 saturated heterocycles. The highest BCUT2D eigenvalue weighted by Crippen LogP contribution is 2.30. The predicted octanol–water partition coefficient (Wildman–Crippen LogP) is 3.60. The van der Waals surface area contributed by atoms with E-state index in [9.17, 15) is 22.4 Å². The number of nitrogens with one attached hydrogen (secondary N) is 1. The van der Waals surface area contributed by atoms with Crippen molar-refractivity contribution in [3.8, 4) is 11.8 Å². The third kappa shape index (κ3) is 3.33. The molecule has 0 aliphatic rings. The summed E-state index contributed by atoms with van der Waals surface area (Å²) >= 11 is 0. The monoisotopic (exact) mass is 354 g/mol. The molecule has 1 aromatic heterocycles. The van der Waals surface area contributed by atoms with Crippen molar-refractivity contribution in [1.82, 2.24) is 9.78 Å². The Morgan fingerprint density at radius 2 is 1.84 bits per heavy atom. The number of unbranched alkanes of at least 4 members (excludes halogenated alkanes) is 1. The number of aromatic nitrogens is 2. The van der Waals surface area contributed by atoms with E-state index >= 15 is 0 Å². The first kappa shape index (κ1) is 18.4. The average Bonchev–Trinajstić information content (AvgIpc) is 2.95. The molecule has 0 aliphatic carbocycles. The number of benzene rings is 1. The zero-order chi connectivity index (χ0) is 18.7. The second-order valence-corrected chi connectivity index (χ2v) is 5.30. The van der Waals surface area contributed by atoms with Crippen LogP contribution in [-0.2, 0) is 11.2 Å². The lowest BCUT2D eigenvalue weighted by atomic mass is 10.1. The fourth-order valence-electron chi connectivity index (χ4n) is 2.31. The van der Waals surface area contributed by atoms with Crippen molar-refractivity contribution in [2.45, 2.75) is 33.1 Å². The highest BCUT2D eigenvalue weighted by Gasteiger charge is 2.28. The number of carbonyl (C=O) groups is 1. The fraction of sp³-hybridized carbons (Fsp3) is 0.312.